The van der Waals surface area contributed by atoms with E-state index in [2.05, 4.69) is 24.8 Å². The average Bonchev–Trinajstić information content (AvgIpc) is 2.83. The fraction of sp³-hybridized carbons (Fsp3) is 0.464. The van der Waals surface area contributed by atoms with Crippen molar-refractivity contribution in [2.45, 2.75) is 32.1 Å². The van der Waals surface area contributed by atoms with Gasteiger partial charge >= 0.3 is 0 Å². The number of hydrogen-bond acceptors (Lipinski definition) is 5. The second-order valence-electron chi connectivity index (χ2n) is 8.68. The van der Waals surface area contributed by atoms with Gasteiger partial charge in [0.15, 0.2) is 0 Å². The van der Waals surface area contributed by atoms with Crippen molar-refractivity contribution >= 4 is 0 Å². The first kappa shape index (κ1) is 25.0. The number of hydrogen-bond donors (Lipinski definition) is 0. The van der Waals surface area contributed by atoms with Gasteiger partial charge in [-0.2, -0.15) is 5.26 Å². The number of benzene rings is 2. The van der Waals surface area contributed by atoms with Crippen molar-refractivity contribution in [1.29, 1.82) is 5.26 Å². The molecule has 0 N–H and O–H groups in total. The van der Waals surface area contributed by atoms with Crippen molar-refractivity contribution in [2.24, 2.45) is 5.41 Å². The van der Waals surface area contributed by atoms with Crippen molar-refractivity contribution < 1.29 is 18.9 Å². The molecule has 0 bridgehead atoms. The van der Waals surface area contributed by atoms with Crippen LogP contribution < -0.4 is 4.74 Å². The molecule has 0 aromatic heterocycles. The highest BCUT2D eigenvalue weighted by Gasteiger charge is 2.39. The Hall–Kier alpha value is -2.65. The van der Waals surface area contributed by atoms with Gasteiger partial charge in [0.1, 0.15) is 5.75 Å². The van der Waals surface area contributed by atoms with Gasteiger partial charge in [-0.05, 0) is 48.2 Å². The number of ether oxygens (including phenoxy) is 4. The van der Waals surface area contributed by atoms with Crippen LogP contribution in [0.1, 0.15) is 37.7 Å². The van der Waals surface area contributed by atoms with Gasteiger partial charge in [0.25, 0.3) is 0 Å². The zero-order valence-electron chi connectivity index (χ0n) is 19.5. The van der Waals surface area contributed by atoms with Crippen molar-refractivity contribution in [3.05, 3.63) is 66.7 Å². The lowest BCUT2D eigenvalue weighted by Gasteiger charge is -2.40. The summed E-state index contributed by atoms with van der Waals surface area (Å²) in [7, 11) is 0. The predicted octanol–water partition coefficient (Wildman–Crippen LogP) is 5.79. The van der Waals surface area contributed by atoms with Gasteiger partial charge in [0, 0.05) is 6.61 Å². The second-order valence-corrected chi connectivity index (χ2v) is 8.68. The molecule has 2 aromatic rings. The van der Waals surface area contributed by atoms with E-state index in [1.165, 1.54) is 12.8 Å². The summed E-state index contributed by atoms with van der Waals surface area (Å²) in [5.41, 5.74) is 2.94. The van der Waals surface area contributed by atoms with Crippen LogP contribution in [-0.4, -0.2) is 46.2 Å². The molecule has 5 nitrogen and oxygen atoms in total. The van der Waals surface area contributed by atoms with E-state index in [1.54, 1.807) is 6.08 Å². The lowest BCUT2D eigenvalue weighted by Crippen LogP contribution is -2.49. The summed E-state index contributed by atoms with van der Waals surface area (Å²) in [5, 5.41) is 8.91. The molecule has 3 rings (SSSR count). The highest BCUT2D eigenvalue weighted by molar-refractivity contribution is 5.64. The Balaban J connectivity index is 1.20. The summed E-state index contributed by atoms with van der Waals surface area (Å²) in [6, 6.07) is 17.9. The zero-order chi connectivity index (χ0) is 23.2. The van der Waals surface area contributed by atoms with Crippen molar-refractivity contribution in [1.82, 2.24) is 0 Å². The molecule has 0 saturated carbocycles. The molecule has 176 valence electrons. The Morgan fingerprint density at radius 2 is 1.45 bits per heavy atom. The third-order valence-corrected chi connectivity index (χ3v) is 5.77. The molecule has 1 saturated heterocycles. The second kappa shape index (κ2) is 13.8. The van der Waals surface area contributed by atoms with Crippen LogP contribution in [0.25, 0.3) is 11.1 Å². The Morgan fingerprint density at radius 1 is 0.848 bits per heavy atom. The van der Waals surface area contributed by atoms with E-state index in [4.69, 9.17) is 24.2 Å². The van der Waals surface area contributed by atoms with E-state index in [-0.39, 0.29) is 5.41 Å². The largest absolute Gasteiger partial charge is 0.494 e. The van der Waals surface area contributed by atoms with Crippen molar-refractivity contribution in [3.63, 3.8) is 0 Å². The minimum Gasteiger partial charge on any atom is -0.494 e. The predicted molar refractivity (Wildman–Crippen MR) is 130 cm³/mol. The fourth-order valence-electron chi connectivity index (χ4n) is 3.75. The molecule has 0 aliphatic carbocycles. The van der Waals surface area contributed by atoms with Gasteiger partial charge in [-0.1, -0.05) is 49.6 Å². The first-order chi connectivity index (χ1) is 16.2. The standard InChI is InChI=1S/C28H35NO4/c1-2-16-30-20-28(22-32-23-28)21-31-17-6-4-3-5-7-18-33-27-14-12-26(13-15-27)25-10-8-24(19-29)9-11-25/h2,8-15H,1,3-7,16-18,20-23H2. The normalized spacial score (nSPS) is 14.3. The SMILES string of the molecule is C=CCOCC1(COCCCCCCCOc2ccc(-c3ccc(C#N)cc3)cc2)COC1. The third kappa shape index (κ3) is 8.33. The average molecular weight is 450 g/mol. The quantitative estimate of drug-likeness (QED) is 0.240. The topological polar surface area (TPSA) is 60.7 Å². The van der Waals surface area contributed by atoms with Crippen LogP contribution >= 0.6 is 0 Å². The van der Waals surface area contributed by atoms with E-state index in [0.29, 0.717) is 25.4 Å². The highest BCUT2D eigenvalue weighted by Crippen LogP contribution is 2.28. The Labute approximate surface area is 197 Å². The maximum atomic E-state index is 8.91. The molecule has 0 atom stereocenters. The smallest absolute Gasteiger partial charge is 0.119 e. The summed E-state index contributed by atoms with van der Waals surface area (Å²) in [6.07, 6.45) is 7.45. The molecule has 0 radical (unpaired) electrons. The van der Waals surface area contributed by atoms with Gasteiger partial charge in [-0.15, -0.1) is 6.58 Å². The Bertz CT molecular complexity index is 866. The van der Waals surface area contributed by atoms with E-state index >= 15 is 0 Å². The molecule has 5 heteroatoms. The molecule has 33 heavy (non-hydrogen) atoms. The molecule has 0 unspecified atom stereocenters. The molecule has 0 spiro atoms. The van der Waals surface area contributed by atoms with Crippen LogP contribution in [0.5, 0.6) is 5.75 Å². The summed E-state index contributed by atoms with van der Waals surface area (Å²) >= 11 is 0. The first-order valence-corrected chi connectivity index (χ1v) is 11.8. The molecule has 0 amide bonds. The number of nitriles is 1. The van der Waals surface area contributed by atoms with Crippen LogP contribution in [-0.2, 0) is 14.2 Å². The summed E-state index contributed by atoms with van der Waals surface area (Å²) < 4.78 is 22.7. The van der Waals surface area contributed by atoms with E-state index in [9.17, 15) is 0 Å². The molecule has 2 aromatic carbocycles. The third-order valence-electron chi connectivity index (χ3n) is 5.77. The van der Waals surface area contributed by atoms with E-state index < -0.39 is 0 Å². The molecule has 1 heterocycles. The lowest BCUT2D eigenvalue weighted by molar-refractivity contribution is -0.176. The Morgan fingerprint density at radius 3 is 2.06 bits per heavy atom. The van der Waals surface area contributed by atoms with E-state index in [0.717, 1.165) is 62.6 Å². The molecular formula is C28H35NO4. The lowest BCUT2D eigenvalue weighted by atomic mass is 9.88. The highest BCUT2D eigenvalue weighted by atomic mass is 16.5. The first-order valence-electron chi connectivity index (χ1n) is 11.8. The van der Waals surface area contributed by atoms with Crippen LogP contribution in [0.15, 0.2) is 61.2 Å². The molecular weight excluding hydrogens is 414 g/mol. The number of unbranched alkanes of at least 4 members (excludes halogenated alkanes) is 4. The van der Waals surface area contributed by atoms with Crippen molar-refractivity contribution in [3.8, 4) is 22.9 Å². The van der Waals surface area contributed by atoms with E-state index in [1.807, 2.05) is 36.4 Å². The number of rotatable bonds is 16. The van der Waals surface area contributed by atoms with Crippen LogP contribution in [0.2, 0.25) is 0 Å². The number of nitrogens with zero attached hydrogens (tertiary/aromatic N) is 1. The summed E-state index contributed by atoms with van der Waals surface area (Å²) in [6.45, 7) is 8.63. The van der Waals surface area contributed by atoms with Crippen molar-refractivity contribution in [2.75, 3.05) is 46.2 Å². The minimum absolute atomic E-state index is 0.0422. The molecule has 1 aliphatic rings. The molecule has 1 aliphatic heterocycles. The zero-order valence-corrected chi connectivity index (χ0v) is 19.5. The van der Waals surface area contributed by atoms with Crippen LogP contribution in [0.3, 0.4) is 0 Å². The minimum atomic E-state index is 0.0422. The van der Waals surface area contributed by atoms with Gasteiger partial charge in [0.05, 0.1) is 56.7 Å². The summed E-state index contributed by atoms with van der Waals surface area (Å²) in [5.74, 6) is 0.895. The van der Waals surface area contributed by atoms with Gasteiger partial charge in [-0.25, -0.2) is 0 Å². The fourth-order valence-corrected chi connectivity index (χ4v) is 3.75. The monoisotopic (exact) mass is 449 g/mol. The molecule has 1 fully saturated rings. The maximum absolute atomic E-state index is 8.91. The van der Waals surface area contributed by atoms with Gasteiger partial charge in [-0.3, -0.25) is 0 Å². The van der Waals surface area contributed by atoms with Gasteiger partial charge < -0.3 is 18.9 Å². The summed E-state index contributed by atoms with van der Waals surface area (Å²) in [4.78, 5) is 0. The van der Waals surface area contributed by atoms with Gasteiger partial charge in [0.2, 0.25) is 0 Å². The Kier molecular flexibility index (Phi) is 10.4. The maximum Gasteiger partial charge on any atom is 0.119 e. The van der Waals surface area contributed by atoms with Crippen LogP contribution in [0.4, 0.5) is 0 Å². The van der Waals surface area contributed by atoms with Crippen LogP contribution in [0, 0.1) is 16.7 Å².